The summed E-state index contributed by atoms with van der Waals surface area (Å²) in [5, 5.41) is 39.1. The highest BCUT2D eigenvalue weighted by Gasteiger charge is 2.33. The molecule has 4 heterocycles. The number of carbonyl (C=O) groups excluding carboxylic acids is 1. The van der Waals surface area contributed by atoms with Crippen LogP contribution in [0.4, 0.5) is 21.5 Å². The number of halogens is 1. The van der Waals surface area contributed by atoms with Crippen LogP contribution in [-0.2, 0) is 15.6 Å². The van der Waals surface area contributed by atoms with Gasteiger partial charge in [0.15, 0.2) is 0 Å². The van der Waals surface area contributed by atoms with Gasteiger partial charge in [-0.3, -0.25) is 19.8 Å². The topological polar surface area (TPSA) is 203 Å². The van der Waals surface area contributed by atoms with Gasteiger partial charge in [0, 0.05) is 79.1 Å². The van der Waals surface area contributed by atoms with Gasteiger partial charge in [0.25, 0.3) is 21.6 Å². The van der Waals surface area contributed by atoms with E-state index in [0.717, 1.165) is 79.3 Å². The number of hydrogen-bond donors (Lipinski definition) is 5. The predicted molar refractivity (Wildman–Crippen MR) is 280 cm³/mol. The first-order valence-corrected chi connectivity index (χ1v) is 26.8. The number of aliphatic hydroxyl groups is 2. The first-order valence-electron chi connectivity index (χ1n) is 24.5. The number of H-pyrrole nitrogens is 1. The molecule has 18 heteroatoms. The zero-order valence-electron chi connectivity index (χ0n) is 41.3. The molecule has 72 heavy (non-hydrogen) atoms. The van der Waals surface area contributed by atoms with E-state index in [1.165, 1.54) is 41.6 Å². The lowest BCUT2D eigenvalue weighted by Crippen LogP contribution is -2.47. The number of thiophene rings is 1. The van der Waals surface area contributed by atoms with Crippen LogP contribution >= 0.6 is 11.3 Å². The number of piperazine rings is 1. The van der Waals surface area contributed by atoms with Gasteiger partial charge in [-0.1, -0.05) is 25.5 Å². The molecule has 1 aliphatic heterocycles. The summed E-state index contributed by atoms with van der Waals surface area (Å²) in [5.74, 6) is -0.710. The number of nitro groups is 1. The monoisotopic (exact) mass is 1020 g/mol. The van der Waals surface area contributed by atoms with Crippen molar-refractivity contribution in [1.82, 2.24) is 19.6 Å². The number of fused-ring (bicyclic) bond motifs is 1. The van der Waals surface area contributed by atoms with Crippen molar-refractivity contribution in [2.24, 2.45) is 11.3 Å². The van der Waals surface area contributed by atoms with Gasteiger partial charge in [-0.05, 0) is 154 Å². The van der Waals surface area contributed by atoms with Crippen LogP contribution in [0.1, 0.15) is 100 Å². The summed E-state index contributed by atoms with van der Waals surface area (Å²) in [6.07, 6.45) is 8.91. The van der Waals surface area contributed by atoms with Crippen molar-refractivity contribution >= 4 is 60.9 Å². The van der Waals surface area contributed by atoms with Crippen molar-refractivity contribution in [2.45, 2.75) is 95.7 Å². The first kappa shape index (κ1) is 50.7. The first-order chi connectivity index (χ1) is 34.1. The van der Waals surface area contributed by atoms with Gasteiger partial charge in [-0.25, -0.2) is 22.5 Å². The van der Waals surface area contributed by atoms with Crippen LogP contribution in [0.25, 0.3) is 27.7 Å². The molecule has 5 N–H and O–H groups in total. The van der Waals surface area contributed by atoms with Gasteiger partial charge < -0.3 is 30.2 Å². The number of nitro benzene ring substituents is 1. The molecule has 0 unspecified atom stereocenters. The summed E-state index contributed by atoms with van der Waals surface area (Å²) in [6, 6.07) is 19.0. The Balaban J connectivity index is 0.918. The minimum atomic E-state index is -4.61. The van der Waals surface area contributed by atoms with E-state index in [9.17, 15) is 33.5 Å². The molecule has 9 rings (SSSR count). The molecule has 1 amide bonds. The number of benzene rings is 3. The van der Waals surface area contributed by atoms with Crippen molar-refractivity contribution in [3.05, 3.63) is 128 Å². The lowest BCUT2D eigenvalue weighted by Gasteiger charge is -2.39. The third-order valence-electron chi connectivity index (χ3n) is 14.5. The fraction of sp³-hybridized carbons (Fsp3) is 0.407. The third kappa shape index (κ3) is 11.5. The zero-order valence-corrected chi connectivity index (χ0v) is 42.9. The highest BCUT2D eigenvalue weighted by Crippen LogP contribution is 2.46. The largest absolute Gasteiger partial charge is 0.455 e. The molecule has 3 aromatic carbocycles. The van der Waals surface area contributed by atoms with Crippen LogP contribution in [0.2, 0.25) is 0 Å². The standard InChI is InChI=1S/C54H62FN7O8S2/c1-52(2)16-14-36(44(29-52)49-25-37(33-71-49)43-26-38(53(3,4)64)6-10-45(43)55)32-60-20-22-61(23-21-60)39-7-9-42(48(27-39)70-40-24-35-15-19-56-50(35)58-31-40)51(63)59-72(68,69)41-8-11-46(47(28-41)62(66)67)57-30-34-12-17-54(5,65)18-13-34/h6-11,15,19,24-28,31,33-34,57,64-65H,12-14,16-18,20-23,29-30,32H2,1-5H3,(H,56,58)(H,59,63). The zero-order chi connectivity index (χ0) is 51.2. The number of hydrogen-bond acceptors (Lipinski definition) is 13. The molecule has 380 valence electrons. The molecule has 6 aromatic rings. The molecule has 2 aliphatic carbocycles. The molecule has 2 fully saturated rings. The van der Waals surface area contributed by atoms with E-state index >= 15 is 4.39 Å². The Labute approximate surface area is 423 Å². The van der Waals surface area contributed by atoms with E-state index in [0.29, 0.717) is 55.0 Å². The van der Waals surface area contributed by atoms with Crippen LogP contribution in [-0.4, -0.2) is 89.2 Å². The van der Waals surface area contributed by atoms with E-state index in [1.807, 2.05) is 11.4 Å². The van der Waals surface area contributed by atoms with Crippen molar-refractivity contribution in [3.63, 3.8) is 0 Å². The Kier molecular flexibility index (Phi) is 14.1. The number of sulfonamides is 1. The summed E-state index contributed by atoms with van der Waals surface area (Å²) < 4.78 is 51.3. The molecule has 0 atom stereocenters. The number of pyridine rings is 1. The highest BCUT2D eigenvalue weighted by atomic mass is 32.2. The number of carbonyl (C=O) groups is 1. The summed E-state index contributed by atoms with van der Waals surface area (Å²) in [4.78, 5) is 38.4. The Hall–Kier alpha value is -6.18. The lowest BCUT2D eigenvalue weighted by molar-refractivity contribution is -0.384. The van der Waals surface area contributed by atoms with E-state index in [-0.39, 0.29) is 34.2 Å². The number of aromatic amines is 1. The number of amides is 1. The molecule has 0 spiro atoms. The number of nitrogens with one attached hydrogen (secondary N) is 3. The van der Waals surface area contributed by atoms with Crippen molar-refractivity contribution in [1.29, 1.82) is 0 Å². The van der Waals surface area contributed by atoms with E-state index in [1.54, 1.807) is 68.6 Å². The summed E-state index contributed by atoms with van der Waals surface area (Å²) in [7, 11) is -4.61. The van der Waals surface area contributed by atoms with Crippen LogP contribution in [0, 0.1) is 27.3 Å². The summed E-state index contributed by atoms with van der Waals surface area (Å²) in [5.41, 5.74) is 3.93. The molecule has 1 saturated heterocycles. The maximum Gasteiger partial charge on any atom is 0.293 e. The Morgan fingerprint density at radius 2 is 1.78 bits per heavy atom. The number of rotatable bonds is 15. The molecule has 0 radical (unpaired) electrons. The second-order valence-corrected chi connectivity index (χ2v) is 23.8. The van der Waals surface area contributed by atoms with E-state index < -0.39 is 42.6 Å². The number of aromatic nitrogens is 2. The SMILES string of the molecule is CC1(C)CCC(CN2CCN(c3ccc(C(=O)NS(=O)(=O)c4ccc(NCC5CCC(C)(O)CC5)c([N+](=O)[O-])c4)c(Oc4cnc5[nH]ccc5c4)c3)CC2)=C(c2cc(-c3cc(C(C)(C)O)ccc3F)cs2)C1. The van der Waals surface area contributed by atoms with Crippen molar-refractivity contribution in [3.8, 4) is 22.6 Å². The van der Waals surface area contributed by atoms with E-state index in [2.05, 4.69) is 49.7 Å². The van der Waals surface area contributed by atoms with E-state index in [4.69, 9.17) is 4.74 Å². The highest BCUT2D eigenvalue weighted by molar-refractivity contribution is 7.90. The predicted octanol–water partition coefficient (Wildman–Crippen LogP) is 10.6. The summed E-state index contributed by atoms with van der Waals surface area (Å²) >= 11 is 1.63. The van der Waals surface area contributed by atoms with Gasteiger partial charge >= 0.3 is 0 Å². The maximum atomic E-state index is 15.2. The fourth-order valence-electron chi connectivity index (χ4n) is 10.0. The summed E-state index contributed by atoms with van der Waals surface area (Å²) in [6.45, 7) is 13.8. The molecular weight excluding hydrogens is 958 g/mol. The van der Waals surface area contributed by atoms with Crippen LogP contribution < -0.4 is 19.7 Å². The average Bonchev–Trinajstić information content (AvgIpc) is 4.02. The third-order valence-corrected chi connectivity index (χ3v) is 16.8. The molecular formula is C54H62FN7O8S2. The maximum absolute atomic E-state index is 15.2. The van der Waals surface area contributed by atoms with Crippen LogP contribution in [0.3, 0.4) is 0 Å². The Morgan fingerprint density at radius 1 is 1.01 bits per heavy atom. The molecule has 3 aliphatic rings. The quantitative estimate of drug-likeness (QED) is 0.0482. The number of allylic oxidation sites excluding steroid dienone is 1. The number of nitrogens with zero attached hydrogens (tertiary/aromatic N) is 4. The Morgan fingerprint density at radius 3 is 2.51 bits per heavy atom. The normalized spacial score (nSPS) is 19.9. The number of ether oxygens (including phenoxy) is 1. The molecule has 3 aromatic heterocycles. The van der Waals surface area contributed by atoms with Crippen molar-refractivity contribution in [2.75, 3.05) is 49.5 Å². The molecule has 0 bridgehead atoms. The minimum absolute atomic E-state index is 0.0709. The number of anilines is 2. The van der Waals surface area contributed by atoms with Gasteiger partial charge in [0.05, 0.1) is 32.8 Å². The second kappa shape index (κ2) is 20.0. The smallest absolute Gasteiger partial charge is 0.293 e. The van der Waals surface area contributed by atoms with Crippen LogP contribution in [0.15, 0.2) is 101 Å². The van der Waals surface area contributed by atoms with Crippen LogP contribution in [0.5, 0.6) is 11.5 Å². The molecule has 1 saturated carbocycles. The minimum Gasteiger partial charge on any atom is -0.455 e. The molecule has 15 nitrogen and oxygen atoms in total. The van der Waals surface area contributed by atoms with Crippen molar-refractivity contribution < 1.29 is 37.5 Å². The second-order valence-electron chi connectivity index (χ2n) is 21.2. The van der Waals surface area contributed by atoms with Gasteiger partial charge in [-0.2, -0.15) is 0 Å². The van der Waals surface area contributed by atoms with Gasteiger partial charge in [0.2, 0.25) is 0 Å². The lowest BCUT2D eigenvalue weighted by atomic mass is 9.73. The van der Waals surface area contributed by atoms with Gasteiger partial charge in [0.1, 0.15) is 28.7 Å². The average molecular weight is 1020 g/mol. The van der Waals surface area contributed by atoms with Gasteiger partial charge in [-0.15, -0.1) is 11.3 Å². The fourth-order valence-corrected chi connectivity index (χ4v) is 12.0. The Bertz CT molecular complexity index is 3160.